The van der Waals surface area contributed by atoms with Gasteiger partial charge in [0.25, 0.3) is 0 Å². The van der Waals surface area contributed by atoms with E-state index in [0.29, 0.717) is 22.8 Å². The molecule has 3 aromatic rings. The van der Waals surface area contributed by atoms with Gasteiger partial charge in [0.1, 0.15) is 17.9 Å². The summed E-state index contributed by atoms with van der Waals surface area (Å²) in [5, 5.41) is 0.776. The average molecular weight is 380 g/mol. The van der Waals surface area contributed by atoms with Crippen molar-refractivity contribution in [1.82, 2.24) is 0 Å². The smallest absolute Gasteiger partial charge is 0.347 e. The van der Waals surface area contributed by atoms with E-state index >= 15 is 0 Å². The number of fused-ring (bicyclic) bond motifs is 1. The van der Waals surface area contributed by atoms with Gasteiger partial charge < -0.3 is 13.9 Å². The second kappa shape index (κ2) is 8.30. The third-order valence-electron chi connectivity index (χ3n) is 4.60. The van der Waals surface area contributed by atoms with Crippen molar-refractivity contribution in [2.75, 3.05) is 0 Å². The largest absolute Gasteiger partial charge is 0.479 e. The molecule has 0 radical (unpaired) electrons. The van der Waals surface area contributed by atoms with Gasteiger partial charge in [0, 0.05) is 17.0 Å². The SMILES string of the molecule is Cc1cc2oc(=O)cc(COC(=O)C(C)Oc3ccccc3)c2cc1C(C)C. The fourth-order valence-electron chi connectivity index (χ4n) is 3.15. The molecule has 0 amide bonds. The maximum atomic E-state index is 12.3. The molecule has 1 heterocycles. The van der Waals surface area contributed by atoms with Crippen LogP contribution in [0.15, 0.2) is 57.7 Å². The fourth-order valence-corrected chi connectivity index (χ4v) is 3.15. The van der Waals surface area contributed by atoms with Gasteiger partial charge in [-0.05, 0) is 55.2 Å². The Morgan fingerprint density at radius 2 is 1.79 bits per heavy atom. The third-order valence-corrected chi connectivity index (χ3v) is 4.60. The van der Waals surface area contributed by atoms with Crippen molar-refractivity contribution in [3.8, 4) is 5.75 Å². The van der Waals surface area contributed by atoms with Crippen LogP contribution in [0.5, 0.6) is 5.75 Å². The van der Waals surface area contributed by atoms with Crippen LogP contribution in [-0.4, -0.2) is 12.1 Å². The molecule has 0 aliphatic rings. The number of carbonyl (C=O) groups is 1. The molecule has 0 bridgehead atoms. The molecule has 0 aliphatic carbocycles. The van der Waals surface area contributed by atoms with E-state index in [9.17, 15) is 9.59 Å². The molecule has 0 fully saturated rings. The molecule has 28 heavy (non-hydrogen) atoms. The zero-order valence-electron chi connectivity index (χ0n) is 16.5. The van der Waals surface area contributed by atoms with E-state index < -0.39 is 17.7 Å². The standard InChI is InChI=1S/C23H24O5/c1-14(2)19-12-20-17(11-22(24)28-21(20)10-15(19)3)13-26-23(25)16(4)27-18-8-6-5-7-9-18/h5-12,14,16H,13H2,1-4H3. The summed E-state index contributed by atoms with van der Waals surface area (Å²) < 4.78 is 16.3. The Balaban J connectivity index is 1.80. The van der Waals surface area contributed by atoms with Crippen LogP contribution >= 0.6 is 0 Å². The van der Waals surface area contributed by atoms with Crippen molar-refractivity contribution in [3.63, 3.8) is 0 Å². The van der Waals surface area contributed by atoms with Gasteiger partial charge in [-0.2, -0.15) is 0 Å². The van der Waals surface area contributed by atoms with Crippen molar-refractivity contribution in [1.29, 1.82) is 0 Å². The van der Waals surface area contributed by atoms with Crippen LogP contribution in [0.3, 0.4) is 0 Å². The van der Waals surface area contributed by atoms with E-state index in [-0.39, 0.29) is 6.61 Å². The van der Waals surface area contributed by atoms with E-state index in [1.165, 1.54) is 6.07 Å². The van der Waals surface area contributed by atoms with Gasteiger partial charge in [-0.25, -0.2) is 9.59 Å². The van der Waals surface area contributed by atoms with Crippen molar-refractivity contribution >= 4 is 16.9 Å². The molecule has 1 aromatic heterocycles. The monoisotopic (exact) mass is 380 g/mol. The van der Waals surface area contributed by atoms with Gasteiger partial charge in [0.15, 0.2) is 6.10 Å². The molecular weight excluding hydrogens is 356 g/mol. The number of esters is 1. The van der Waals surface area contributed by atoms with Crippen LogP contribution in [-0.2, 0) is 16.1 Å². The maximum absolute atomic E-state index is 12.3. The molecule has 0 aliphatic heterocycles. The minimum atomic E-state index is -0.762. The molecule has 0 N–H and O–H groups in total. The first-order valence-corrected chi connectivity index (χ1v) is 9.30. The number of aryl methyl sites for hydroxylation is 1. The third kappa shape index (κ3) is 4.42. The number of hydrogen-bond donors (Lipinski definition) is 0. The Morgan fingerprint density at radius 3 is 2.46 bits per heavy atom. The highest BCUT2D eigenvalue weighted by atomic mass is 16.6. The normalized spacial score (nSPS) is 12.2. The number of carbonyl (C=O) groups excluding carboxylic acids is 1. The highest BCUT2D eigenvalue weighted by Gasteiger charge is 2.18. The fraction of sp³-hybridized carbons (Fsp3) is 0.304. The van der Waals surface area contributed by atoms with Crippen molar-refractivity contribution in [3.05, 3.63) is 75.6 Å². The zero-order chi connectivity index (χ0) is 20.3. The molecule has 1 unspecified atom stereocenters. The van der Waals surface area contributed by atoms with Crippen LogP contribution in [0.4, 0.5) is 0 Å². The lowest BCUT2D eigenvalue weighted by atomic mass is 9.95. The summed E-state index contributed by atoms with van der Waals surface area (Å²) in [4.78, 5) is 24.2. The predicted octanol–water partition coefficient (Wildman–Crippen LogP) is 4.74. The number of benzene rings is 2. The second-order valence-corrected chi connectivity index (χ2v) is 7.13. The van der Waals surface area contributed by atoms with E-state index in [1.54, 1.807) is 19.1 Å². The summed E-state index contributed by atoms with van der Waals surface area (Å²) in [6.07, 6.45) is -0.762. The van der Waals surface area contributed by atoms with Crippen molar-refractivity contribution in [2.24, 2.45) is 0 Å². The molecule has 146 valence electrons. The molecule has 5 heteroatoms. The second-order valence-electron chi connectivity index (χ2n) is 7.13. The molecule has 1 atom stereocenters. The number of rotatable bonds is 6. The minimum absolute atomic E-state index is 0.0238. The zero-order valence-corrected chi connectivity index (χ0v) is 16.5. The summed E-state index contributed by atoms with van der Waals surface area (Å²) in [6.45, 7) is 7.81. The highest BCUT2D eigenvalue weighted by Crippen LogP contribution is 2.27. The quantitative estimate of drug-likeness (QED) is 0.457. The van der Waals surface area contributed by atoms with E-state index in [4.69, 9.17) is 13.9 Å². The number of hydrogen-bond acceptors (Lipinski definition) is 5. The maximum Gasteiger partial charge on any atom is 0.347 e. The summed E-state index contributed by atoms with van der Waals surface area (Å²) in [5.41, 5.74) is 2.87. The Hall–Kier alpha value is -3.08. The van der Waals surface area contributed by atoms with E-state index in [1.807, 2.05) is 37.3 Å². The van der Waals surface area contributed by atoms with Crippen LogP contribution < -0.4 is 10.4 Å². The lowest BCUT2D eigenvalue weighted by Gasteiger charge is -2.15. The topological polar surface area (TPSA) is 65.7 Å². The summed E-state index contributed by atoms with van der Waals surface area (Å²) in [5.74, 6) is 0.419. The molecule has 3 rings (SSSR count). The lowest BCUT2D eigenvalue weighted by Crippen LogP contribution is -2.26. The molecule has 0 saturated heterocycles. The predicted molar refractivity (Wildman–Crippen MR) is 108 cm³/mol. The number of para-hydroxylation sites is 1. The van der Waals surface area contributed by atoms with Crippen LogP contribution in [0, 0.1) is 6.92 Å². The first-order chi connectivity index (χ1) is 13.3. The van der Waals surface area contributed by atoms with Gasteiger partial charge in [0.05, 0.1) is 0 Å². The number of ether oxygens (including phenoxy) is 2. The van der Waals surface area contributed by atoms with Crippen LogP contribution in [0.25, 0.3) is 11.0 Å². The van der Waals surface area contributed by atoms with Gasteiger partial charge in [-0.1, -0.05) is 32.0 Å². The van der Waals surface area contributed by atoms with Gasteiger partial charge >= 0.3 is 11.6 Å². The Morgan fingerprint density at radius 1 is 1.07 bits per heavy atom. The van der Waals surface area contributed by atoms with Crippen molar-refractivity contribution in [2.45, 2.75) is 46.3 Å². The first kappa shape index (κ1) is 19.7. The van der Waals surface area contributed by atoms with E-state index in [0.717, 1.165) is 16.5 Å². The van der Waals surface area contributed by atoms with Crippen LogP contribution in [0.2, 0.25) is 0 Å². The first-order valence-electron chi connectivity index (χ1n) is 9.30. The molecule has 2 aromatic carbocycles. The summed E-state index contributed by atoms with van der Waals surface area (Å²) in [6, 6.07) is 14.3. The van der Waals surface area contributed by atoms with E-state index in [2.05, 4.69) is 13.8 Å². The van der Waals surface area contributed by atoms with Crippen molar-refractivity contribution < 1.29 is 18.7 Å². The summed E-state index contributed by atoms with van der Waals surface area (Å²) in [7, 11) is 0. The Kier molecular flexibility index (Phi) is 5.83. The van der Waals surface area contributed by atoms with Crippen LogP contribution in [0.1, 0.15) is 43.4 Å². The molecule has 5 nitrogen and oxygen atoms in total. The lowest BCUT2D eigenvalue weighted by molar-refractivity contribution is -0.152. The Labute approximate surface area is 163 Å². The molecule has 0 saturated carbocycles. The van der Waals surface area contributed by atoms with Gasteiger partial charge in [-0.3, -0.25) is 0 Å². The van der Waals surface area contributed by atoms with Gasteiger partial charge in [0.2, 0.25) is 0 Å². The molecular formula is C23H24O5. The van der Waals surface area contributed by atoms with Gasteiger partial charge in [-0.15, -0.1) is 0 Å². The minimum Gasteiger partial charge on any atom is -0.479 e. The Bertz CT molecular complexity index is 1030. The summed E-state index contributed by atoms with van der Waals surface area (Å²) >= 11 is 0. The molecule has 0 spiro atoms. The average Bonchev–Trinajstić information content (AvgIpc) is 2.65. The highest BCUT2D eigenvalue weighted by molar-refractivity contribution is 5.82.